The first kappa shape index (κ1) is 26.0. The number of aryl methyl sites for hydroxylation is 1. The molecule has 0 aromatic heterocycles. The average molecular weight is 429 g/mol. The topological polar surface area (TPSA) is 86.7 Å². The van der Waals surface area contributed by atoms with Gasteiger partial charge in [0, 0.05) is 0 Å². The molecule has 0 saturated carbocycles. The number of hydrogen-bond acceptors (Lipinski definition) is 4. The summed E-state index contributed by atoms with van der Waals surface area (Å²) in [6, 6.07) is 11.4. The Morgan fingerprint density at radius 2 is 1.52 bits per heavy atom. The molecule has 0 spiro atoms. The normalized spacial score (nSPS) is 11.1. The first-order chi connectivity index (χ1) is 13.4. The van der Waals surface area contributed by atoms with Gasteiger partial charge in [0.05, 0.1) is 0 Å². The van der Waals surface area contributed by atoms with Crippen LogP contribution in [0.25, 0.3) is 0 Å². The Labute approximate surface area is 196 Å². The number of unbranched alkanes of at least 4 members (excludes halogenated alkanes) is 7. The minimum Gasteiger partial charge on any atom is -0.871 e. The van der Waals surface area contributed by atoms with Crippen LogP contribution in [-0.4, -0.2) is 13.0 Å². The number of ether oxygens (including phenoxy) is 1. The molecule has 0 amide bonds. The summed E-state index contributed by atoms with van der Waals surface area (Å²) in [5.74, 6) is -0.475. The summed E-state index contributed by atoms with van der Waals surface area (Å²) in [5, 5.41) is 12.3. The van der Waals surface area contributed by atoms with Crippen LogP contribution in [0.2, 0.25) is 0 Å². The first-order valence-corrected chi connectivity index (χ1v) is 11.4. The smallest absolute Gasteiger partial charge is 0.871 e. The van der Waals surface area contributed by atoms with Gasteiger partial charge in [0.1, 0.15) is 16.4 Å². The van der Waals surface area contributed by atoms with Gasteiger partial charge >= 0.3 is 29.6 Å². The molecule has 0 saturated heterocycles. The summed E-state index contributed by atoms with van der Waals surface area (Å²) >= 11 is 0. The van der Waals surface area contributed by atoms with Crippen molar-refractivity contribution in [2.45, 2.75) is 69.6 Å². The molecule has 0 bridgehead atoms. The number of hydrogen-bond donors (Lipinski definition) is 1. The molecule has 7 heteroatoms. The summed E-state index contributed by atoms with van der Waals surface area (Å²) in [4.78, 5) is -0.712. The van der Waals surface area contributed by atoms with E-state index >= 15 is 0 Å². The zero-order chi connectivity index (χ0) is 20.4. The maximum atomic E-state index is 12.3. The molecule has 154 valence electrons. The van der Waals surface area contributed by atoms with Crippen LogP contribution >= 0.6 is 0 Å². The van der Waals surface area contributed by atoms with E-state index in [4.69, 9.17) is 4.74 Å². The van der Waals surface area contributed by atoms with Crippen molar-refractivity contribution in [1.82, 2.24) is 0 Å². The third-order valence-electron chi connectivity index (χ3n) is 4.63. The van der Waals surface area contributed by atoms with E-state index in [1.807, 2.05) is 0 Å². The van der Waals surface area contributed by atoms with Crippen LogP contribution in [0.5, 0.6) is 17.2 Å². The van der Waals surface area contributed by atoms with E-state index in [9.17, 15) is 18.1 Å². The van der Waals surface area contributed by atoms with Gasteiger partial charge in [-0.2, -0.15) is 8.42 Å². The minimum atomic E-state index is -4.68. The molecule has 0 atom stereocenters. The molecule has 0 radical (unpaired) electrons. The molecule has 2 aromatic rings. The van der Waals surface area contributed by atoms with Gasteiger partial charge in [-0.05, 0) is 36.6 Å². The van der Waals surface area contributed by atoms with E-state index in [2.05, 4.69) is 6.92 Å². The van der Waals surface area contributed by atoms with Crippen molar-refractivity contribution in [2.24, 2.45) is 0 Å². The Morgan fingerprint density at radius 1 is 0.931 bits per heavy atom. The van der Waals surface area contributed by atoms with Crippen molar-refractivity contribution >= 4 is 10.1 Å². The third-order valence-corrected chi connectivity index (χ3v) is 5.55. The van der Waals surface area contributed by atoms with Crippen molar-refractivity contribution in [3.8, 4) is 17.2 Å². The average Bonchev–Trinajstić information content (AvgIpc) is 2.63. The van der Waals surface area contributed by atoms with Crippen LogP contribution < -0.4 is 39.4 Å². The summed E-state index contributed by atoms with van der Waals surface area (Å²) in [7, 11) is -4.68. The standard InChI is InChI=1S/C22H30O5S.Na/c1-2-3-4-5-6-7-8-10-13-18-16-20(23)22(28(24,25)26)21(17-18)27-19-14-11-9-12-15-19;/h9,11-12,14-17,23H,2-8,10,13H2,1H3,(H,24,25,26);/q;+1/p-1. The van der Waals surface area contributed by atoms with E-state index in [0.29, 0.717) is 17.7 Å². The van der Waals surface area contributed by atoms with Gasteiger partial charge in [0.25, 0.3) is 10.1 Å². The van der Waals surface area contributed by atoms with Crippen molar-refractivity contribution in [1.29, 1.82) is 0 Å². The Bertz CT molecular complexity index is 838. The minimum absolute atomic E-state index is 0. The molecule has 5 nitrogen and oxygen atoms in total. The first-order valence-electron chi connectivity index (χ1n) is 9.96. The second-order valence-corrected chi connectivity index (χ2v) is 8.39. The molecule has 0 heterocycles. The van der Waals surface area contributed by atoms with Gasteiger partial charge in [-0.3, -0.25) is 4.55 Å². The summed E-state index contributed by atoms with van der Waals surface area (Å²) in [5.41, 5.74) is 0.717. The fourth-order valence-electron chi connectivity index (χ4n) is 3.18. The quantitative estimate of drug-likeness (QED) is 0.319. The van der Waals surface area contributed by atoms with E-state index in [1.165, 1.54) is 38.2 Å². The summed E-state index contributed by atoms with van der Waals surface area (Å²) in [6.07, 6.45) is 10.1. The molecule has 29 heavy (non-hydrogen) atoms. The summed E-state index contributed by atoms with van der Waals surface area (Å²) < 4.78 is 38.4. The number of para-hydroxylation sites is 1. The van der Waals surface area contributed by atoms with Gasteiger partial charge in [0.15, 0.2) is 0 Å². The van der Waals surface area contributed by atoms with Crippen LogP contribution in [0.3, 0.4) is 0 Å². The zero-order valence-electron chi connectivity index (χ0n) is 17.4. The van der Waals surface area contributed by atoms with Gasteiger partial charge in [-0.15, -0.1) is 0 Å². The van der Waals surface area contributed by atoms with Crippen molar-refractivity contribution in [3.05, 3.63) is 48.0 Å². The van der Waals surface area contributed by atoms with Crippen molar-refractivity contribution in [3.63, 3.8) is 0 Å². The summed E-state index contributed by atoms with van der Waals surface area (Å²) in [6.45, 7) is 2.20. The van der Waals surface area contributed by atoms with E-state index in [0.717, 1.165) is 19.3 Å². The maximum Gasteiger partial charge on any atom is 1.00 e. The molecule has 0 aliphatic rings. The Balaban J connectivity index is 0.00000420. The molecule has 1 N–H and O–H groups in total. The predicted molar refractivity (Wildman–Crippen MR) is 109 cm³/mol. The molecule has 0 aliphatic carbocycles. The van der Waals surface area contributed by atoms with Crippen LogP contribution in [0.15, 0.2) is 47.4 Å². The van der Waals surface area contributed by atoms with E-state index < -0.39 is 20.8 Å². The monoisotopic (exact) mass is 428 g/mol. The Hall–Kier alpha value is -1.05. The third kappa shape index (κ3) is 9.09. The second kappa shape index (κ2) is 13.3. The molecule has 0 unspecified atom stereocenters. The van der Waals surface area contributed by atoms with Crippen molar-refractivity contribution < 1.29 is 52.4 Å². The molecule has 2 aromatic carbocycles. The molecular formula is C22H29NaO5S. The predicted octanol–water partition coefficient (Wildman–Crippen LogP) is 2.49. The molecular weight excluding hydrogens is 399 g/mol. The SMILES string of the molecule is CCCCCCCCCCc1cc([O-])c(S(=O)(=O)O)c(Oc2ccccc2)c1.[Na+]. The Kier molecular flexibility index (Phi) is 11.9. The van der Waals surface area contributed by atoms with Crippen LogP contribution in [0.1, 0.15) is 63.9 Å². The number of benzene rings is 2. The van der Waals surface area contributed by atoms with E-state index in [-0.39, 0.29) is 35.3 Å². The fraction of sp³-hybridized carbons (Fsp3) is 0.455. The van der Waals surface area contributed by atoms with Crippen LogP contribution in [0, 0.1) is 0 Å². The van der Waals surface area contributed by atoms with Crippen LogP contribution in [0.4, 0.5) is 0 Å². The number of rotatable bonds is 12. The maximum absolute atomic E-state index is 12.3. The second-order valence-electron chi connectivity index (χ2n) is 7.04. The van der Waals surface area contributed by atoms with Gasteiger partial charge < -0.3 is 9.84 Å². The fourth-order valence-corrected chi connectivity index (χ4v) is 3.85. The van der Waals surface area contributed by atoms with Gasteiger partial charge in [0.2, 0.25) is 0 Å². The van der Waals surface area contributed by atoms with Gasteiger partial charge in [-0.1, -0.05) is 81.9 Å². The zero-order valence-corrected chi connectivity index (χ0v) is 20.2. The van der Waals surface area contributed by atoms with Gasteiger partial charge in [-0.25, -0.2) is 0 Å². The molecule has 0 aliphatic heterocycles. The van der Waals surface area contributed by atoms with E-state index in [1.54, 1.807) is 36.4 Å². The van der Waals surface area contributed by atoms with Crippen molar-refractivity contribution in [2.75, 3.05) is 0 Å². The molecule has 0 fully saturated rings. The Morgan fingerprint density at radius 3 is 2.10 bits per heavy atom. The molecule has 2 rings (SSSR count). The van der Waals surface area contributed by atoms with Crippen LogP contribution in [-0.2, 0) is 16.5 Å². The largest absolute Gasteiger partial charge is 1.00 e.